The lowest BCUT2D eigenvalue weighted by Gasteiger charge is -2.19. The van der Waals surface area contributed by atoms with Crippen LogP contribution >= 0.6 is 0 Å². The van der Waals surface area contributed by atoms with Gasteiger partial charge in [0.2, 0.25) is 5.95 Å². The maximum atomic E-state index is 12.7. The lowest BCUT2D eigenvalue weighted by molar-refractivity contribution is -0.141. The molecule has 0 bridgehead atoms. The average molecular weight is 353 g/mol. The molecule has 0 saturated carbocycles. The van der Waals surface area contributed by atoms with E-state index in [2.05, 4.69) is 30.2 Å². The molecule has 1 aliphatic heterocycles. The third kappa shape index (κ3) is 4.06. The van der Waals surface area contributed by atoms with Gasteiger partial charge in [0.25, 0.3) is 0 Å². The maximum absolute atomic E-state index is 12.7. The number of rotatable bonds is 4. The fraction of sp³-hybridized carbons (Fsp3) is 0.467. The molecule has 7 nitrogen and oxygen atoms in total. The smallest absolute Gasteiger partial charge is 0.363 e. The number of anilines is 3. The Labute approximate surface area is 142 Å². The third-order valence-corrected chi connectivity index (χ3v) is 3.89. The van der Waals surface area contributed by atoms with E-state index in [1.54, 1.807) is 0 Å². The highest BCUT2D eigenvalue weighted by atomic mass is 19.4. The SMILES string of the molecule is CN(C)c1cc(N2CCC(Nc3nccc(C(F)(F)F)n3)C2)ncn1. The Morgan fingerprint density at radius 1 is 1.24 bits per heavy atom. The molecule has 1 aliphatic rings. The summed E-state index contributed by atoms with van der Waals surface area (Å²) < 4.78 is 38.2. The van der Waals surface area contributed by atoms with E-state index in [0.29, 0.717) is 6.54 Å². The number of halogens is 3. The molecule has 0 radical (unpaired) electrons. The first-order valence-electron chi connectivity index (χ1n) is 7.74. The van der Waals surface area contributed by atoms with Crippen LogP contribution in [0.2, 0.25) is 0 Å². The molecule has 25 heavy (non-hydrogen) atoms. The maximum Gasteiger partial charge on any atom is 0.433 e. The van der Waals surface area contributed by atoms with E-state index < -0.39 is 11.9 Å². The van der Waals surface area contributed by atoms with Crippen LogP contribution in [0.25, 0.3) is 0 Å². The quantitative estimate of drug-likeness (QED) is 0.902. The van der Waals surface area contributed by atoms with Gasteiger partial charge in [0.1, 0.15) is 23.7 Å². The molecule has 134 valence electrons. The molecule has 1 unspecified atom stereocenters. The molecule has 2 aromatic rings. The Hall–Kier alpha value is -2.65. The molecule has 0 spiro atoms. The van der Waals surface area contributed by atoms with Crippen molar-refractivity contribution in [2.75, 3.05) is 42.3 Å². The standard InChI is InChI=1S/C15H18F3N7/c1-24(2)12-7-13(21-9-20-12)25-6-4-10(8-25)22-14-19-5-3-11(23-14)15(16,17)18/h3,5,7,9-10H,4,6,8H2,1-2H3,(H,19,22,23). The first-order chi connectivity index (χ1) is 11.8. The van der Waals surface area contributed by atoms with Crippen molar-refractivity contribution in [2.45, 2.75) is 18.6 Å². The zero-order chi connectivity index (χ0) is 18.0. The number of nitrogens with one attached hydrogen (secondary N) is 1. The number of hydrogen-bond acceptors (Lipinski definition) is 7. The number of nitrogens with zero attached hydrogens (tertiary/aromatic N) is 6. The molecule has 1 saturated heterocycles. The summed E-state index contributed by atoms with van der Waals surface area (Å²) in [6, 6.07) is 2.68. The van der Waals surface area contributed by atoms with Crippen LogP contribution in [0.5, 0.6) is 0 Å². The molecule has 0 amide bonds. The van der Waals surface area contributed by atoms with Crippen molar-refractivity contribution in [3.8, 4) is 0 Å². The van der Waals surface area contributed by atoms with Crippen molar-refractivity contribution in [2.24, 2.45) is 0 Å². The highest BCUT2D eigenvalue weighted by molar-refractivity contribution is 5.50. The molecule has 3 rings (SSSR count). The van der Waals surface area contributed by atoms with Crippen molar-refractivity contribution in [3.05, 3.63) is 30.4 Å². The fourth-order valence-electron chi connectivity index (χ4n) is 2.61. The second kappa shape index (κ2) is 6.69. The topological polar surface area (TPSA) is 70.1 Å². The van der Waals surface area contributed by atoms with Crippen molar-refractivity contribution in [3.63, 3.8) is 0 Å². The Morgan fingerprint density at radius 3 is 2.76 bits per heavy atom. The van der Waals surface area contributed by atoms with Gasteiger partial charge >= 0.3 is 6.18 Å². The van der Waals surface area contributed by atoms with Gasteiger partial charge in [-0.15, -0.1) is 0 Å². The molecule has 2 aromatic heterocycles. The summed E-state index contributed by atoms with van der Waals surface area (Å²) in [5.41, 5.74) is -0.953. The first-order valence-corrected chi connectivity index (χ1v) is 7.74. The van der Waals surface area contributed by atoms with Gasteiger partial charge in [-0.2, -0.15) is 13.2 Å². The van der Waals surface area contributed by atoms with Crippen LogP contribution in [0, 0.1) is 0 Å². The minimum Gasteiger partial charge on any atom is -0.363 e. The van der Waals surface area contributed by atoms with E-state index in [0.717, 1.165) is 36.9 Å². The molecule has 0 aliphatic carbocycles. The molecular weight excluding hydrogens is 335 g/mol. The van der Waals surface area contributed by atoms with Gasteiger partial charge in [-0.1, -0.05) is 0 Å². The van der Waals surface area contributed by atoms with Crippen LogP contribution in [0.4, 0.5) is 30.8 Å². The van der Waals surface area contributed by atoms with Gasteiger partial charge in [-0.25, -0.2) is 19.9 Å². The van der Waals surface area contributed by atoms with E-state index in [-0.39, 0.29) is 12.0 Å². The largest absolute Gasteiger partial charge is 0.433 e. The highest BCUT2D eigenvalue weighted by Crippen LogP contribution is 2.28. The predicted molar refractivity (Wildman–Crippen MR) is 87.6 cm³/mol. The minimum absolute atomic E-state index is 0.0154. The number of alkyl halides is 3. The van der Waals surface area contributed by atoms with Crippen LogP contribution in [0.3, 0.4) is 0 Å². The van der Waals surface area contributed by atoms with Crippen LogP contribution in [-0.4, -0.2) is 53.2 Å². The lowest BCUT2D eigenvalue weighted by atomic mass is 10.3. The van der Waals surface area contributed by atoms with Crippen molar-refractivity contribution >= 4 is 17.6 Å². The molecule has 10 heteroatoms. The average Bonchev–Trinajstić information content (AvgIpc) is 3.03. The van der Waals surface area contributed by atoms with E-state index >= 15 is 0 Å². The van der Waals surface area contributed by atoms with Gasteiger partial charge in [0.15, 0.2) is 0 Å². The van der Waals surface area contributed by atoms with E-state index in [1.165, 1.54) is 6.33 Å². The summed E-state index contributed by atoms with van der Waals surface area (Å²) in [6.45, 7) is 1.34. The van der Waals surface area contributed by atoms with Gasteiger partial charge in [0, 0.05) is 45.5 Å². The van der Waals surface area contributed by atoms with Crippen molar-refractivity contribution < 1.29 is 13.2 Å². The molecular formula is C15H18F3N7. The predicted octanol–water partition coefficient (Wildman–Crippen LogP) is 2.04. The van der Waals surface area contributed by atoms with Gasteiger partial charge in [-0.3, -0.25) is 0 Å². The Kier molecular flexibility index (Phi) is 4.60. The van der Waals surface area contributed by atoms with Crippen LogP contribution in [-0.2, 0) is 6.18 Å². The third-order valence-electron chi connectivity index (χ3n) is 3.89. The second-order valence-corrected chi connectivity index (χ2v) is 5.97. The summed E-state index contributed by atoms with van der Waals surface area (Å²) in [5, 5.41) is 2.97. The molecule has 1 fully saturated rings. The first kappa shape index (κ1) is 17.2. The Morgan fingerprint density at radius 2 is 2.04 bits per heavy atom. The Bertz CT molecular complexity index is 735. The van der Waals surface area contributed by atoms with Gasteiger partial charge in [-0.05, 0) is 12.5 Å². The highest BCUT2D eigenvalue weighted by Gasteiger charge is 2.33. The van der Waals surface area contributed by atoms with Crippen molar-refractivity contribution in [1.82, 2.24) is 19.9 Å². The van der Waals surface area contributed by atoms with Crippen LogP contribution in [0.1, 0.15) is 12.1 Å². The molecule has 1 N–H and O–H groups in total. The lowest BCUT2D eigenvalue weighted by Crippen LogP contribution is -2.27. The van der Waals surface area contributed by atoms with E-state index in [1.807, 2.05) is 25.1 Å². The van der Waals surface area contributed by atoms with Gasteiger partial charge in [0.05, 0.1) is 0 Å². The fourth-order valence-corrected chi connectivity index (χ4v) is 2.61. The molecule has 0 aromatic carbocycles. The second-order valence-electron chi connectivity index (χ2n) is 5.97. The minimum atomic E-state index is -4.48. The monoisotopic (exact) mass is 353 g/mol. The summed E-state index contributed by atoms with van der Waals surface area (Å²) >= 11 is 0. The normalized spacial score (nSPS) is 17.6. The summed E-state index contributed by atoms with van der Waals surface area (Å²) in [6.07, 6.45) is -1.12. The summed E-state index contributed by atoms with van der Waals surface area (Å²) in [4.78, 5) is 19.8. The number of aromatic nitrogens is 4. The summed E-state index contributed by atoms with van der Waals surface area (Å²) in [5.74, 6) is 1.56. The van der Waals surface area contributed by atoms with Crippen molar-refractivity contribution in [1.29, 1.82) is 0 Å². The van der Waals surface area contributed by atoms with Crippen LogP contribution < -0.4 is 15.1 Å². The number of hydrogen-bond donors (Lipinski definition) is 1. The van der Waals surface area contributed by atoms with E-state index in [4.69, 9.17) is 0 Å². The zero-order valence-corrected chi connectivity index (χ0v) is 13.8. The molecule has 1 atom stereocenters. The summed E-state index contributed by atoms with van der Waals surface area (Å²) in [7, 11) is 3.79. The zero-order valence-electron chi connectivity index (χ0n) is 13.8. The Balaban J connectivity index is 1.67. The van der Waals surface area contributed by atoms with E-state index in [9.17, 15) is 13.2 Å². The van der Waals surface area contributed by atoms with Gasteiger partial charge < -0.3 is 15.1 Å². The van der Waals surface area contributed by atoms with Crippen LogP contribution in [0.15, 0.2) is 24.7 Å². The molecule has 3 heterocycles.